The first-order valence-electron chi connectivity index (χ1n) is 10.2. The van der Waals surface area contributed by atoms with Crippen molar-refractivity contribution < 1.29 is 26.7 Å². The molecule has 0 unspecified atom stereocenters. The van der Waals surface area contributed by atoms with Gasteiger partial charge in [0.25, 0.3) is 0 Å². The minimum absolute atomic E-state index is 0.0597. The summed E-state index contributed by atoms with van der Waals surface area (Å²) in [6, 6.07) is 6.80. The van der Waals surface area contributed by atoms with Crippen molar-refractivity contribution in [1.82, 2.24) is 0 Å². The van der Waals surface area contributed by atoms with Crippen molar-refractivity contribution in [3.05, 3.63) is 52.6 Å². The van der Waals surface area contributed by atoms with Crippen molar-refractivity contribution in [2.75, 3.05) is 0 Å². The Morgan fingerprint density at radius 3 is 2.38 bits per heavy atom. The summed E-state index contributed by atoms with van der Waals surface area (Å²) in [5.41, 5.74) is 3.06. The third kappa shape index (κ3) is 3.99. The fraction of sp³-hybridized carbons (Fsp3) is 0.478. The number of ether oxygens (including phenoxy) is 1. The Labute approximate surface area is 166 Å². The van der Waals surface area contributed by atoms with Crippen molar-refractivity contribution in [1.29, 1.82) is 0 Å². The van der Waals surface area contributed by atoms with Crippen LogP contribution in [0.2, 0.25) is 0 Å². The molecule has 2 aromatic rings. The van der Waals surface area contributed by atoms with E-state index in [2.05, 4.69) is 11.7 Å². The molecular formula is C23H23F5O. The molecular weight excluding hydrogens is 387 g/mol. The number of hydrogen-bond acceptors (Lipinski definition) is 1. The molecule has 0 bridgehead atoms. The van der Waals surface area contributed by atoms with Gasteiger partial charge in [0.15, 0.2) is 11.6 Å². The van der Waals surface area contributed by atoms with Crippen LogP contribution in [-0.2, 0) is 6.42 Å². The molecule has 0 heterocycles. The fourth-order valence-electron chi connectivity index (χ4n) is 4.92. The number of hydrogen-bond donors (Lipinski definition) is 0. The monoisotopic (exact) mass is 410 g/mol. The van der Waals surface area contributed by atoms with Gasteiger partial charge in [-0.05, 0) is 65.8 Å². The average molecular weight is 410 g/mol. The Kier molecular flexibility index (Phi) is 5.30. The second-order valence-corrected chi connectivity index (χ2v) is 8.18. The molecule has 0 saturated heterocycles. The molecule has 0 radical (unpaired) electrons. The van der Waals surface area contributed by atoms with E-state index in [4.69, 9.17) is 0 Å². The summed E-state index contributed by atoms with van der Waals surface area (Å²) in [7, 11) is 0. The predicted octanol–water partition coefficient (Wildman–Crippen LogP) is 7.51. The Bertz CT molecular complexity index is 910. The Hall–Kier alpha value is -2.11. The van der Waals surface area contributed by atoms with Gasteiger partial charge in [-0.2, -0.15) is 0 Å². The van der Waals surface area contributed by atoms with E-state index in [0.29, 0.717) is 17.0 Å². The molecule has 29 heavy (non-hydrogen) atoms. The zero-order valence-electron chi connectivity index (χ0n) is 16.2. The zero-order valence-corrected chi connectivity index (χ0v) is 16.2. The lowest BCUT2D eigenvalue weighted by molar-refractivity contribution is -0.276. The maximum atomic E-state index is 14.6. The largest absolute Gasteiger partial charge is 0.573 e. The Balaban J connectivity index is 1.59. The molecule has 6 heteroatoms. The van der Waals surface area contributed by atoms with Crippen LogP contribution in [0.3, 0.4) is 0 Å². The van der Waals surface area contributed by atoms with E-state index in [1.165, 1.54) is 31.2 Å². The molecule has 1 nitrogen and oxygen atoms in total. The van der Waals surface area contributed by atoms with E-state index in [-0.39, 0.29) is 12.0 Å². The molecule has 1 saturated carbocycles. The quantitative estimate of drug-likeness (QED) is 0.405. The van der Waals surface area contributed by atoms with Crippen molar-refractivity contribution in [3.63, 3.8) is 0 Å². The van der Waals surface area contributed by atoms with Crippen LogP contribution < -0.4 is 4.74 Å². The molecule has 2 aromatic carbocycles. The first kappa shape index (κ1) is 20.2. The van der Waals surface area contributed by atoms with Gasteiger partial charge in [0.1, 0.15) is 0 Å². The Morgan fingerprint density at radius 2 is 1.72 bits per heavy atom. The van der Waals surface area contributed by atoms with Gasteiger partial charge < -0.3 is 4.74 Å². The highest BCUT2D eigenvalue weighted by molar-refractivity contribution is 5.78. The minimum Gasteiger partial charge on any atom is -0.399 e. The van der Waals surface area contributed by atoms with Crippen LogP contribution in [0.4, 0.5) is 22.0 Å². The third-order valence-corrected chi connectivity index (χ3v) is 6.30. The van der Waals surface area contributed by atoms with Crippen LogP contribution >= 0.6 is 0 Å². The summed E-state index contributed by atoms with van der Waals surface area (Å²) in [5.74, 6) is -2.75. The summed E-state index contributed by atoms with van der Waals surface area (Å²) in [6.07, 6.45) is 2.09. The zero-order chi connectivity index (χ0) is 20.8. The number of benzene rings is 2. The molecule has 0 spiro atoms. The average Bonchev–Trinajstić information content (AvgIpc) is 3.03. The van der Waals surface area contributed by atoms with E-state index >= 15 is 0 Å². The van der Waals surface area contributed by atoms with E-state index in [1.54, 1.807) is 0 Å². The standard InChI is InChI=1S/C23H23F5O/c1-2-3-13-4-6-14(7-5-13)15-8-9-17-16(10-15)11-19-18(17)12-20(24)22(21(19)25)29-23(26,27)28/h8-10,12-14H,2-7,11H2,1H3/t13-,14-. The molecule has 2 aliphatic rings. The van der Waals surface area contributed by atoms with E-state index in [9.17, 15) is 22.0 Å². The summed E-state index contributed by atoms with van der Waals surface area (Å²) >= 11 is 0. The summed E-state index contributed by atoms with van der Waals surface area (Å²) in [6.45, 7) is 2.21. The van der Waals surface area contributed by atoms with Crippen LogP contribution in [0.15, 0.2) is 24.3 Å². The van der Waals surface area contributed by atoms with E-state index < -0.39 is 23.7 Å². The highest BCUT2D eigenvalue weighted by atomic mass is 19.4. The highest BCUT2D eigenvalue weighted by Gasteiger charge is 2.36. The van der Waals surface area contributed by atoms with Gasteiger partial charge in [-0.1, -0.05) is 38.0 Å². The summed E-state index contributed by atoms with van der Waals surface area (Å²) in [5, 5.41) is 0. The van der Waals surface area contributed by atoms with Gasteiger partial charge in [-0.25, -0.2) is 8.78 Å². The molecule has 0 atom stereocenters. The highest BCUT2D eigenvalue weighted by Crippen LogP contribution is 2.45. The molecule has 1 fully saturated rings. The second-order valence-electron chi connectivity index (χ2n) is 8.18. The third-order valence-electron chi connectivity index (χ3n) is 6.30. The minimum atomic E-state index is -5.15. The van der Waals surface area contributed by atoms with Gasteiger partial charge in [0, 0.05) is 12.0 Å². The molecule has 156 valence electrons. The smallest absolute Gasteiger partial charge is 0.399 e. The van der Waals surface area contributed by atoms with Crippen LogP contribution in [0.25, 0.3) is 11.1 Å². The first-order chi connectivity index (χ1) is 13.8. The summed E-state index contributed by atoms with van der Waals surface area (Å²) < 4.78 is 69.8. The molecule has 0 aromatic heterocycles. The van der Waals surface area contributed by atoms with Gasteiger partial charge in [0.2, 0.25) is 5.75 Å². The lowest BCUT2D eigenvalue weighted by Crippen LogP contribution is -2.19. The SMILES string of the molecule is CCC[C@H]1CC[C@H](c2ccc3c(c2)Cc2c-3cc(F)c(OC(F)(F)F)c2F)CC1. The lowest BCUT2D eigenvalue weighted by atomic mass is 9.77. The fourth-order valence-corrected chi connectivity index (χ4v) is 4.92. The van der Waals surface area contributed by atoms with E-state index in [1.807, 2.05) is 18.2 Å². The van der Waals surface area contributed by atoms with Gasteiger partial charge in [-0.3, -0.25) is 0 Å². The predicted molar refractivity (Wildman–Crippen MR) is 101 cm³/mol. The normalized spacial score (nSPS) is 21.0. The Morgan fingerprint density at radius 1 is 1.00 bits per heavy atom. The van der Waals surface area contributed by atoms with Gasteiger partial charge in [-0.15, -0.1) is 13.2 Å². The number of halogens is 5. The van der Waals surface area contributed by atoms with Crippen LogP contribution in [0.1, 0.15) is 68.1 Å². The molecule has 2 aliphatic carbocycles. The van der Waals surface area contributed by atoms with Crippen molar-refractivity contribution in [2.24, 2.45) is 5.92 Å². The van der Waals surface area contributed by atoms with Crippen molar-refractivity contribution in [2.45, 2.75) is 64.1 Å². The van der Waals surface area contributed by atoms with Crippen molar-refractivity contribution >= 4 is 0 Å². The topological polar surface area (TPSA) is 9.23 Å². The molecule has 4 rings (SSSR count). The first-order valence-corrected chi connectivity index (χ1v) is 10.2. The molecule has 0 amide bonds. The van der Waals surface area contributed by atoms with E-state index in [0.717, 1.165) is 30.4 Å². The number of rotatable bonds is 4. The molecule has 0 N–H and O–H groups in total. The second kappa shape index (κ2) is 7.62. The van der Waals surface area contributed by atoms with Gasteiger partial charge >= 0.3 is 6.36 Å². The van der Waals surface area contributed by atoms with Gasteiger partial charge in [0.05, 0.1) is 0 Å². The van der Waals surface area contributed by atoms with Crippen LogP contribution in [-0.4, -0.2) is 6.36 Å². The van der Waals surface area contributed by atoms with Crippen molar-refractivity contribution in [3.8, 4) is 16.9 Å². The number of fused-ring (bicyclic) bond motifs is 3. The maximum Gasteiger partial charge on any atom is 0.573 e. The van der Waals surface area contributed by atoms with Crippen LogP contribution in [0, 0.1) is 17.6 Å². The lowest BCUT2D eigenvalue weighted by Gasteiger charge is -2.29. The number of alkyl halides is 3. The summed E-state index contributed by atoms with van der Waals surface area (Å²) in [4.78, 5) is 0. The van der Waals surface area contributed by atoms with Crippen LogP contribution in [0.5, 0.6) is 5.75 Å². The maximum absolute atomic E-state index is 14.6. The molecule has 0 aliphatic heterocycles.